The maximum Gasteiger partial charge on any atom is 0.331 e. The largest absolute Gasteiger partial charge is 0.508 e. The second-order valence-electron chi connectivity index (χ2n) is 16.2. The minimum absolute atomic E-state index is 0.0534. The van der Waals surface area contributed by atoms with E-state index in [1.807, 2.05) is 0 Å². The van der Waals surface area contributed by atoms with E-state index in [1.54, 1.807) is 27.7 Å². The molecule has 23 nitrogen and oxygen atoms in total. The minimum Gasteiger partial charge on any atom is -0.508 e. The number of carboxylic acids is 1. The fourth-order valence-corrected chi connectivity index (χ4v) is 7.45. The van der Waals surface area contributed by atoms with Gasteiger partial charge < -0.3 is 59.7 Å². The molecule has 3 rings (SSSR count). The third kappa shape index (κ3) is 13.5. The van der Waals surface area contributed by atoms with Gasteiger partial charge in [-0.25, -0.2) is 14.5 Å². The summed E-state index contributed by atoms with van der Waals surface area (Å²) in [6, 6.07) is -2.63. The monoisotopic (exact) mass is 885 g/mol. The Morgan fingerprint density at radius 3 is 2.00 bits per heavy atom. The van der Waals surface area contributed by atoms with E-state index in [9.17, 15) is 48.6 Å². The Bertz CT molecular complexity index is 1900. The average Bonchev–Trinajstić information content (AvgIpc) is 3.67. The normalized spacial score (nSPS) is 19.0. The molecule has 2 saturated heterocycles. The summed E-state index contributed by atoms with van der Waals surface area (Å²) >= 11 is 0. The van der Waals surface area contributed by atoms with Crippen LogP contribution < -0.4 is 49.9 Å². The lowest BCUT2D eigenvalue weighted by Gasteiger charge is -2.45. The lowest BCUT2D eigenvalue weighted by atomic mass is 9.88. The molecule has 8 amide bonds. The van der Waals surface area contributed by atoms with Gasteiger partial charge in [-0.1, -0.05) is 46.2 Å². The summed E-state index contributed by atoms with van der Waals surface area (Å²) in [5.41, 5.74) is 25.8. The van der Waals surface area contributed by atoms with Crippen LogP contribution in [0.5, 0.6) is 5.75 Å². The molecule has 2 aliphatic heterocycles. The minimum atomic E-state index is -2.37. The molecule has 348 valence electrons. The van der Waals surface area contributed by atoms with Gasteiger partial charge in [0.15, 0.2) is 11.9 Å². The third-order valence-corrected chi connectivity index (χ3v) is 11.0. The van der Waals surface area contributed by atoms with Crippen LogP contribution >= 0.6 is 0 Å². The van der Waals surface area contributed by atoms with Crippen LogP contribution in [0.1, 0.15) is 84.6 Å². The average molecular weight is 886 g/mol. The molecular formula is C40H63N13O10. The van der Waals surface area contributed by atoms with E-state index in [0.717, 1.165) is 4.90 Å². The number of guanidine groups is 2. The van der Waals surface area contributed by atoms with Crippen molar-refractivity contribution >= 4 is 59.4 Å². The number of likely N-dealkylation sites (tertiary alicyclic amines) is 1. The predicted octanol–water partition coefficient (Wildman–Crippen LogP) is -2.19. The highest BCUT2D eigenvalue weighted by Crippen LogP contribution is 2.36. The van der Waals surface area contributed by atoms with Crippen LogP contribution in [0, 0.1) is 11.8 Å². The molecule has 2 fully saturated rings. The SMILES string of the molecule is CC[C@H](C)[C@H](NC(=O)[C@H](Cc1ccc(O)cc1)N1C(=O)NC(=O)C2(CCCN2C(=O)[C@H](CCCN=C(N)N)NC(=O)[C@@H](N)CCCN=C(N)N)C1=O)C(=O)N[C@@H](CC(C)C)C(=O)O. The van der Waals surface area contributed by atoms with Gasteiger partial charge in [0.05, 0.1) is 6.04 Å². The number of nitrogens with two attached hydrogens (primary N) is 5. The van der Waals surface area contributed by atoms with Gasteiger partial charge in [-0.3, -0.25) is 44.1 Å². The second-order valence-corrected chi connectivity index (χ2v) is 16.2. The first-order chi connectivity index (χ1) is 29.6. The molecule has 0 radical (unpaired) electrons. The first-order valence-electron chi connectivity index (χ1n) is 20.9. The van der Waals surface area contributed by atoms with Gasteiger partial charge >= 0.3 is 12.0 Å². The molecule has 0 saturated carbocycles. The number of carboxylic acid groups (broad SMARTS) is 1. The van der Waals surface area contributed by atoms with Crippen LogP contribution in [0.4, 0.5) is 4.79 Å². The zero-order valence-electron chi connectivity index (χ0n) is 36.2. The number of phenols is 1. The Morgan fingerprint density at radius 2 is 1.44 bits per heavy atom. The van der Waals surface area contributed by atoms with E-state index in [1.165, 1.54) is 24.3 Å². The molecule has 1 aromatic carbocycles. The number of aromatic hydroxyl groups is 1. The van der Waals surface area contributed by atoms with E-state index >= 15 is 0 Å². The van der Waals surface area contributed by atoms with Crippen LogP contribution in [-0.2, 0) is 40.0 Å². The molecule has 7 atom stereocenters. The molecule has 0 aliphatic carbocycles. The van der Waals surface area contributed by atoms with E-state index in [2.05, 4.69) is 31.3 Å². The van der Waals surface area contributed by atoms with E-state index in [-0.39, 0.29) is 88.2 Å². The maximum absolute atomic E-state index is 15.0. The highest BCUT2D eigenvalue weighted by molar-refractivity contribution is 6.25. The lowest BCUT2D eigenvalue weighted by Crippen LogP contribution is -2.76. The van der Waals surface area contributed by atoms with Gasteiger partial charge in [-0.15, -0.1) is 0 Å². The summed E-state index contributed by atoms with van der Waals surface area (Å²) in [6.45, 7) is 7.03. The maximum atomic E-state index is 15.0. The molecule has 2 heterocycles. The van der Waals surface area contributed by atoms with Crippen LogP contribution in [0.15, 0.2) is 34.3 Å². The van der Waals surface area contributed by atoms with Crippen LogP contribution in [0.3, 0.4) is 0 Å². The van der Waals surface area contributed by atoms with Crippen molar-refractivity contribution in [1.29, 1.82) is 0 Å². The highest BCUT2D eigenvalue weighted by atomic mass is 16.4. The number of nitrogens with one attached hydrogen (secondary N) is 4. The molecule has 1 unspecified atom stereocenters. The van der Waals surface area contributed by atoms with Crippen molar-refractivity contribution in [2.45, 2.75) is 121 Å². The van der Waals surface area contributed by atoms with Crippen molar-refractivity contribution in [2.75, 3.05) is 19.6 Å². The summed E-state index contributed by atoms with van der Waals surface area (Å²) in [6.07, 6.45) is 0.414. The molecule has 0 aromatic heterocycles. The highest BCUT2D eigenvalue weighted by Gasteiger charge is 2.63. The Morgan fingerprint density at radius 1 is 0.857 bits per heavy atom. The van der Waals surface area contributed by atoms with Gasteiger partial charge in [0, 0.05) is 26.1 Å². The lowest BCUT2D eigenvalue weighted by molar-refractivity contribution is -0.162. The van der Waals surface area contributed by atoms with Crippen molar-refractivity contribution in [2.24, 2.45) is 50.5 Å². The number of hydrogen-bond acceptors (Lipinski definition) is 12. The summed E-state index contributed by atoms with van der Waals surface area (Å²) in [4.78, 5) is 120. The number of nitrogens with zero attached hydrogens (tertiary/aromatic N) is 4. The van der Waals surface area contributed by atoms with E-state index < -0.39 is 89.1 Å². The molecule has 23 heteroatoms. The molecule has 63 heavy (non-hydrogen) atoms. The number of urea groups is 1. The van der Waals surface area contributed by atoms with Gasteiger partial charge in [-0.05, 0) is 74.5 Å². The third-order valence-electron chi connectivity index (χ3n) is 11.0. The fraction of sp³-hybridized carbons (Fsp3) is 0.600. The van der Waals surface area contributed by atoms with Crippen molar-refractivity contribution in [3.8, 4) is 5.75 Å². The number of barbiturate groups is 1. The van der Waals surface area contributed by atoms with Crippen molar-refractivity contribution in [1.82, 2.24) is 31.1 Å². The Kier molecular flexibility index (Phi) is 18.6. The first-order valence-corrected chi connectivity index (χ1v) is 20.9. The molecule has 0 bridgehead atoms. The van der Waals surface area contributed by atoms with Gasteiger partial charge in [0.25, 0.3) is 11.8 Å². The number of amides is 8. The number of rotatable bonds is 23. The van der Waals surface area contributed by atoms with E-state index in [0.29, 0.717) is 23.3 Å². The summed E-state index contributed by atoms with van der Waals surface area (Å²) in [5.74, 6) is -8.21. The number of carbonyl (C=O) groups excluding carboxylic acids is 7. The number of aliphatic imine (C=N–C) groups is 2. The summed E-state index contributed by atoms with van der Waals surface area (Å²) < 4.78 is 0. The molecule has 16 N–H and O–H groups in total. The fourth-order valence-electron chi connectivity index (χ4n) is 7.45. The van der Waals surface area contributed by atoms with Crippen molar-refractivity contribution < 1.29 is 48.6 Å². The molecule has 1 spiro atoms. The number of aliphatic carboxylic acids is 1. The number of hydrogen-bond donors (Lipinski definition) is 11. The number of imide groups is 2. The van der Waals surface area contributed by atoms with Crippen LogP contribution in [-0.4, -0.2) is 135 Å². The van der Waals surface area contributed by atoms with Gasteiger partial charge in [0.1, 0.15) is 29.9 Å². The van der Waals surface area contributed by atoms with Crippen molar-refractivity contribution in [3.63, 3.8) is 0 Å². The topological polar surface area (TPSA) is 386 Å². The summed E-state index contributed by atoms with van der Waals surface area (Å²) in [7, 11) is 0. The van der Waals surface area contributed by atoms with Crippen LogP contribution in [0.25, 0.3) is 0 Å². The molecule has 2 aliphatic rings. The standard InChI is InChI=1S/C40H63N13O10/c1-5-22(4)29(32(57)49-27(34(59)60)19-21(2)3)50-31(56)28(20-23-11-13-24(54)14-12-23)53-36(62)40(35(61)51-39(53)63)15-8-18-52(40)33(58)26(10-7-17-47-38(44)45)48-30(55)25(41)9-6-16-46-37(42)43/h11-14,21-22,25-29,54H,5-10,15-20,41H2,1-4H3,(H,48,55)(H,49,57)(H,50,56)(H,59,60)(H4,42,43,46)(H4,44,45,47)(H,51,61,63)/t22-,25-,26-,27-,28-,29-,40?/m0/s1. The van der Waals surface area contributed by atoms with Gasteiger partial charge in [-0.2, -0.15) is 0 Å². The summed E-state index contributed by atoms with van der Waals surface area (Å²) in [5, 5.41) is 29.7. The number of phenolic OH excluding ortho intramolecular Hbond substituents is 1. The first kappa shape index (κ1) is 50.8. The smallest absolute Gasteiger partial charge is 0.331 e. The number of carbonyl (C=O) groups is 8. The molecule has 1 aromatic rings. The quantitative estimate of drug-likeness (QED) is 0.0241. The Hall–Kier alpha value is -6.52. The van der Waals surface area contributed by atoms with Crippen molar-refractivity contribution in [3.05, 3.63) is 29.8 Å². The zero-order chi connectivity index (χ0) is 47.2. The predicted molar refractivity (Wildman–Crippen MR) is 230 cm³/mol. The number of benzene rings is 1. The molecular weight excluding hydrogens is 823 g/mol. The van der Waals surface area contributed by atoms with Gasteiger partial charge in [0.2, 0.25) is 29.2 Å². The van der Waals surface area contributed by atoms with Crippen LogP contribution in [0.2, 0.25) is 0 Å². The Labute approximate surface area is 365 Å². The Balaban J connectivity index is 2.06. The second kappa shape index (κ2) is 23.1. The zero-order valence-corrected chi connectivity index (χ0v) is 36.2. The van der Waals surface area contributed by atoms with E-state index in [4.69, 9.17) is 28.7 Å².